The number of hydrogen-bond donors (Lipinski definition) is 3. The number of carboxylic acid groups (broad SMARTS) is 1. The molecule has 0 bridgehead atoms. The van der Waals surface area contributed by atoms with Gasteiger partial charge in [-0.15, -0.1) is 0 Å². The Morgan fingerprint density at radius 3 is 2.29 bits per heavy atom. The second kappa shape index (κ2) is 14.7. The highest BCUT2D eigenvalue weighted by Crippen LogP contribution is 2.36. The molecule has 0 aromatic heterocycles. The number of benzene rings is 3. The van der Waals surface area contributed by atoms with Crippen LogP contribution in [0.4, 0.5) is 21.9 Å². The Labute approximate surface area is 263 Å². The van der Waals surface area contributed by atoms with Gasteiger partial charge in [0.25, 0.3) is 5.91 Å². The van der Waals surface area contributed by atoms with Crippen LogP contribution in [0.15, 0.2) is 66.7 Å². The van der Waals surface area contributed by atoms with E-state index in [9.17, 15) is 29.1 Å². The van der Waals surface area contributed by atoms with Crippen LogP contribution in [0.25, 0.3) is 0 Å². The van der Waals surface area contributed by atoms with Gasteiger partial charge < -0.3 is 25.5 Å². The molecule has 0 aliphatic carbocycles. The second-order valence-corrected chi connectivity index (χ2v) is 11.4. The first-order valence-corrected chi connectivity index (χ1v) is 15.3. The fourth-order valence-corrected chi connectivity index (χ4v) is 5.70. The lowest BCUT2D eigenvalue weighted by molar-refractivity contribution is -0.123. The average molecular weight is 613 g/mol. The average Bonchev–Trinajstić information content (AvgIpc) is 3.11. The van der Waals surface area contributed by atoms with E-state index >= 15 is 0 Å². The highest BCUT2D eigenvalue weighted by Gasteiger charge is 2.39. The van der Waals surface area contributed by atoms with E-state index in [2.05, 4.69) is 10.6 Å². The zero-order chi connectivity index (χ0) is 32.7. The van der Waals surface area contributed by atoms with Crippen molar-refractivity contribution < 1.29 is 29.1 Å². The molecule has 1 atom stereocenters. The van der Waals surface area contributed by atoms with E-state index in [4.69, 9.17) is 0 Å². The zero-order valence-electron chi connectivity index (χ0n) is 26.1. The van der Waals surface area contributed by atoms with Crippen molar-refractivity contribution in [1.82, 2.24) is 5.32 Å². The molecular formula is C35H40N4O6. The van der Waals surface area contributed by atoms with Crippen molar-refractivity contribution in [3.8, 4) is 0 Å². The fourth-order valence-electron chi connectivity index (χ4n) is 5.70. The van der Waals surface area contributed by atoms with Crippen LogP contribution in [0.2, 0.25) is 0 Å². The summed E-state index contributed by atoms with van der Waals surface area (Å²) < 4.78 is 0. The number of fused-ring (bicyclic) bond motifs is 1. The standard InChI is InChI=1S/C35H40N4O6/c1-5-10-24(11-6-2)32(41)38-20-28(37-35(45)36-26-14-9-13-25(19-26)34(43)44)33(42)39(30-18-22(3)16-17-29(30)38)21-31(40)27-15-8-7-12-23(27)4/h7-9,12-19,24,28H,5-6,10-11,20-21H2,1-4H3,(H,43,44)(H2,36,37,45). The number of carbonyl (C=O) groups excluding carboxylic acids is 4. The number of carboxylic acids is 1. The number of rotatable bonds is 11. The predicted octanol–water partition coefficient (Wildman–Crippen LogP) is 5.97. The minimum Gasteiger partial charge on any atom is -0.478 e. The normalized spacial score (nSPS) is 14.5. The summed E-state index contributed by atoms with van der Waals surface area (Å²) in [5, 5.41) is 14.6. The van der Waals surface area contributed by atoms with Gasteiger partial charge in [0.1, 0.15) is 6.04 Å². The Hall–Kier alpha value is -4.99. The van der Waals surface area contributed by atoms with Gasteiger partial charge in [-0.3, -0.25) is 14.4 Å². The lowest BCUT2D eigenvalue weighted by atomic mass is 9.96. The van der Waals surface area contributed by atoms with Gasteiger partial charge in [0.15, 0.2) is 5.78 Å². The van der Waals surface area contributed by atoms with Gasteiger partial charge in [-0.2, -0.15) is 0 Å². The Morgan fingerprint density at radius 2 is 1.62 bits per heavy atom. The van der Waals surface area contributed by atoms with Crippen molar-refractivity contribution in [1.29, 1.82) is 0 Å². The van der Waals surface area contributed by atoms with Crippen LogP contribution in [0, 0.1) is 19.8 Å². The number of nitrogens with one attached hydrogen (secondary N) is 2. The fraction of sp³-hybridized carbons (Fsp3) is 0.343. The molecule has 3 N–H and O–H groups in total. The molecule has 1 aliphatic rings. The summed E-state index contributed by atoms with van der Waals surface area (Å²) in [5.41, 5.74) is 3.20. The second-order valence-electron chi connectivity index (χ2n) is 11.4. The molecule has 10 nitrogen and oxygen atoms in total. The van der Waals surface area contributed by atoms with Crippen LogP contribution in [0.5, 0.6) is 0 Å². The molecule has 0 fully saturated rings. The molecule has 3 aromatic rings. The Kier molecular flexibility index (Phi) is 10.7. The van der Waals surface area contributed by atoms with Crippen LogP contribution in [-0.4, -0.2) is 53.8 Å². The van der Waals surface area contributed by atoms with Gasteiger partial charge in [0.2, 0.25) is 5.91 Å². The Morgan fingerprint density at radius 1 is 0.911 bits per heavy atom. The van der Waals surface area contributed by atoms with Crippen molar-refractivity contribution >= 4 is 46.7 Å². The molecule has 1 heterocycles. The first kappa shape index (κ1) is 32.9. The Balaban J connectivity index is 1.75. The highest BCUT2D eigenvalue weighted by atomic mass is 16.4. The van der Waals surface area contributed by atoms with Gasteiger partial charge in [-0.1, -0.05) is 63.1 Å². The highest BCUT2D eigenvalue weighted by molar-refractivity contribution is 6.13. The topological polar surface area (TPSA) is 136 Å². The van der Waals surface area contributed by atoms with Crippen LogP contribution < -0.4 is 20.4 Å². The number of amides is 4. The summed E-state index contributed by atoms with van der Waals surface area (Å²) in [5.74, 6) is -2.40. The SMILES string of the molecule is CCCC(CCC)C(=O)N1CC(NC(=O)Nc2cccc(C(=O)O)c2)C(=O)N(CC(=O)c2ccccc2C)c2cc(C)ccc21. The van der Waals surface area contributed by atoms with E-state index in [1.165, 1.54) is 29.2 Å². The van der Waals surface area contributed by atoms with Gasteiger partial charge in [-0.25, -0.2) is 9.59 Å². The number of aryl methyl sites for hydroxylation is 2. The maximum Gasteiger partial charge on any atom is 0.335 e. The number of hydrogen-bond acceptors (Lipinski definition) is 5. The third-order valence-electron chi connectivity index (χ3n) is 7.95. The summed E-state index contributed by atoms with van der Waals surface area (Å²) in [6.07, 6.45) is 2.96. The van der Waals surface area contributed by atoms with E-state index in [0.29, 0.717) is 29.8 Å². The molecule has 45 heavy (non-hydrogen) atoms. The lowest BCUT2D eigenvalue weighted by Gasteiger charge is -2.29. The summed E-state index contributed by atoms with van der Waals surface area (Å²) in [6, 6.07) is 16.3. The molecule has 3 aromatic carbocycles. The quantitative estimate of drug-likeness (QED) is 0.228. The predicted molar refractivity (Wildman–Crippen MR) is 174 cm³/mol. The number of carbonyl (C=O) groups is 5. The van der Waals surface area contributed by atoms with Crippen molar-refractivity contribution in [3.63, 3.8) is 0 Å². The molecule has 0 radical (unpaired) electrons. The number of aromatic carboxylic acids is 1. The zero-order valence-corrected chi connectivity index (χ0v) is 26.1. The summed E-state index contributed by atoms with van der Waals surface area (Å²) in [4.78, 5) is 69.7. The first-order valence-electron chi connectivity index (χ1n) is 15.3. The van der Waals surface area contributed by atoms with Gasteiger partial charge in [-0.05, 0) is 68.1 Å². The first-order chi connectivity index (χ1) is 21.5. The van der Waals surface area contributed by atoms with Crippen molar-refractivity contribution in [2.75, 3.05) is 28.2 Å². The van der Waals surface area contributed by atoms with Gasteiger partial charge in [0, 0.05) is 17.2 Å². The van der Waals surface area contributed by atoms with Crippen molar-refractivity contribution in [3.05, 3.63) is 89.0 Å². The molecule has 4 rings (SSSR count). The van der Waals surface area contributed by atoms with E-state index in [0.717, 1.165) is 24.0 Å². The van der Waals surface area contributed by atoms with Crippen LogP contribution >= 0.6 is 0 Å². The molecule has 4 amide bonds. The molecular weight excluding hydrogens is 572 g/mol. The van der Waals surface area contributed by atoms with E-state index in [1.54, 1.807) is 29.2 Å². The monoisotopic (exact) mass is 612 g/mol. The minimum absolute atomic E-state index is 0.0142. The Bertz CT molecular complexity index is 1600. The molecule has 0 saturated carbocycles. The molecule has 1 unspecified atom stereocenters. The van der Waals surface area contributed by atoms with Crippen molar-refractivity contribution in [2.24, 2.45) is 5.92 Å². The molecule has 10 heteroatoms. The minimum atomic E-state index is -1.21. The number of anilines is 3. The largest absolute Gasteiger partial charge is 0.478 e. The third-order valence-corrected chi connectivity index (χ3v) is 7.95. The van der Waals surface area contributed by atoms with E-state index in [1.807, 2.05) is 45.9 Å². The third kappa shape index (κ3) is 7.75. The number of ketones is 1. The molecule has 1 aliphatic heterocycles. The number of nitrogens with zero attached hydrogens (tertiary/aromatic N) is 2. The summed E-state index contributed by atoms with van der Waals surface area (Å²) in [6.45, 7) is 7.30. The number of urea groups is 1. The van der Waals surface area contributed by atoms with E-state index < -0.39 is 23.9 Å². The summed E-state index contributed by atoms with van der Waals surface area (Å²) >= 11 is 0. The van der Waals surface area contributed by atoms with Gasteiger partial charge >= 0.3 is 12.0 Å². The number of Topliss-reactive ketones (excluding diaryl/α,β-unsaturated/α-hetero) is 1. The van der Waals surface area contributed by atoms with Crippen LogP contribution in [-0.2, 0) is 9.59 Å². The molecule has 0 spiro atoms. The van der Waals surface area contributed by atoms with Crippen LogP contribution in [0.1, 0.15) is 71.4 Å². The van der Waals surface area contributed by atoms with E-state index in [-0.39, 0.29) is 41.9 Å². The van der Waals surface area contributed by atoms with Crippen molar-refractivity contribution in [2.45, 2.75) is 59.4 Å². The van der Waals surface area contributed by atoms with Gasteiger partial charge in [0.05, 0.1) is 30.0 Å². The van der Waals surface area contributed by atoms with Crippen LogP contribution in [0.3, 0.4) is 0 Å². The smallest absolute Gasteiger partial charge is 0.335 e. The maximum atomic E-state index is 14.3. The maximum absolute atomic E-state index is 14.3. The summed E-state index contributed by atoms with van der Waals surface area (Å²) in [7, 11) is 0. The lowest BCUT2D eigenvalue weighted by Crippen LogP contribution is -2.55. The molecule has 236 valence electrons. The molecule has 0 saturated heterocycles.